The van der Waals surface area contributed by atoms with E-state index >= 15 is 0 Å². The average Bonchev–Trinajstić information content (AvgIpc) is 3.00. The highest BCUT2D eigenvalue weighted by atomic mass is 16.6. The molecular weight excluding hydrogens is 294 g/mol. The molecule has 1 aromatic heterocycles. The maximum atomic E-state index is 12.5. The maximum Gasteiger partial charge on any atom is 0.357 e. The first-order chi connectivity index (χ1) is 11.0. The van der Waals surface area contributed by atoms with Gasteiger partial charge < -0.3 is 14.6 Å². The molecule has 0 saturated carbocycles. The van der Waals surface area contributed by atoms with Gasteiger partial charge in [0.2, 0.25) is 0 Å². The minimum atomic E-state index is -1.04. The van der Waals surface area contributed by atoms with Crippen LogP contribution < -0.4 is 5.32 Å². The van der Waals surface area contributed by atoms with Gasteiger partial charge in [0.1, 0.15) is 5.69 Å². The molecule has 0 amide bonds. The van der Waals surface area contributed by atoms with Crippen molar-refractivity contribution in [3.63, 3.8) is 0 Å². The lowest BCUT2D eigenvalue weighted by molar-refractivity contribution is -0.141. The molecule has 23 heavy (non-hydrogen) atoms. The molecule has 1 atom stereocenters. The normalized spacial score (nSPS) is 17.1. The summed E-state index contributed by atoms with van der Waals surface area (Å²) in [7, 11) is 0. The third-order valence-corrected chi connectivity index (χ3v) is 4.33. The number of imidazole rings is 1. The van der Waals surface area contributed by atoms with Crippen molar-refractivity contribution in [1.82, 2.24) is 14.9 Å². The van der Waals surface area contributed by atoms with Gasteiger partial charge in [-0.05, 0) is 19.4 Å². The summed E-state index contributed by atoms with van der Waals surface area (Å²) in [6.45, 7) is 4.14. The van der Waals surface area contributed by atoms with Crippen LogP contribution in [0.2, 0.25) is 0 Å². The maximum absolute atomic E-state index is 12.5. The topological polar surface area (TPSA) is 73.2 Å². The summed E-state index contributed by atoms with van der Waals surface area (Å²) >= 11 is 0. The number of hydrogen-bond donors (Lipinski definition) is 1. The van der Waals surface area contributed by atoms with Gasteiger partial charge in [0.15, 0.2) is 11.4 Å². The Hall–Kier alpha value is -2.47. The number of esters is 1. The lowest BCUT2D eigenvalue weighted by Gasteiger charge is -2.39. The molecule has 6 nitrogen and oxygen atoms in total. The van der Waals surface area contributed by atoms with Crippen LogP contribution in [0.25, 0.3) is 0 Å². The second-order valence-electron chi connectivity index (χ2n) is 5.82. The molecule has 1 unspecified atom stereocenters. The summed E-state index contributed by atoms with van der Waals surface area (Å²) in [5.41, 5.74) is 0.363. The number of aromatic nitrogens is 2. The summed E-state index contributed by atoms with van der Waals surface area (Å²) in [5, 5.41) is 2.98. The van der Waals surface area contributed by atoms with Gasteiger partial charge in [-0.1, -0.05) is 30.3 Å². The largest absolute Gasteiger partial charge is 0.444 e. The van der Waals surface area contributed by atoms with Crippen molar-refractivity contribution in [1.29, 1.82) is 0 Å². The first-order valence-electron chi connectivity index (χ1n) is 7.55. The third-order valence-electron chi connectivity index (χ3n) is 4.33. The number of carbonyl (C=O) groups excluding carboxylic acids is 2. The Morgan fingerprint density at radius 1 is 1.30 bits per heavy atom. The SMILES string of the molecule is CC(=O)C1(OC(=O)c2cncn2C(C)c2ccccc2)CNC1. The van der Waals surface area contributed by atoms with Crippen LogP contribution in [0.1, 0.15) is 35.9 Å². The molecule has 3 rings (SSSR count). The molecule has 120 valence electrons. The van der Waals surface area contributed by atoms with Gasteiger partial charge >= 0.3 is 5.97 Å². The smallest absolute Gasteiger partial charge is 0.357 e. The molecule has 1 aliphatic heterocycles. The number of nitrogens with one attached hydrogen (secondary N) is 1. The average molecular weight is 313 g/mol. The van der Waals surface area contributed by atoms with Crippen molar-refractivity contribution in [3.05, 3.63) is 54.1 Å². The van der Waals surface area contributed by atoms with Crippen LogP contribution in [0.4, 0.5) is 0 Å². The van der Waals surface area contributed by atoms with Crippen molar-refractivity contribution in [3.8, 4) is 0 Å². The Bertz CT molecular complexity index is 720. The predicted molar refractivity (Wildman–Crippen MR) is 84.2 cm³/mol. The molecule has 0 aliphatic carbocycles. The quantitative estimate of drug-likeness (QED) is 0.849. The number of nitrogens with zero attached hydrogens (tertiary/aromatic N) is 2. The monoisotopic (exact) mass is 313 g/mol. The number of Topliss-reactive ketones (excluding diaryl/α,β-unsaturated/α-hetero) is 1. The zero-order valence-electron chi connectivity index (χ0n) is 13.2. The molecule has 2 heterocycles. The second kappa shape index (κ2) is 5.96. The summed E-state index contributed by atoms with van der Waals surface area (Å²) in [6, 6.07) is 9.77. The molecule has 1 aromatic carbocycles. The summed E-state index contributed by atoms with van der Waals surface area (Å²) in [4.78, 5) is 28.3. The summed E-state index contributed by atoms with van der Waals surface area (Å²) in [5.74, 6) is -0.672. The number of ketones is 1. The highest BCUT2D eigenvalue weighted by Gasteiger charge is 2.46. The molecule has 2 aromatic rings. The van der Waals surface area contributed by atoms with Crippen LogP contribution in [0.15, 0.2) is 42.9 Å². The van der Waals surface area contributed by atoms with E-state index in [4.69, 9.17) is 4.74 Å². The van der Waals surface area contributed by atoms with E-state index in [1.807, 2.05) is 37.3 Å². The highest BCUT2D eigenvalue weighted by Crippen LogP contribution is 2.23. The van der Waals surface area contributed by atoms with Crippen LogP contribution in [0, 0.1) is 0 Å². The Labute approximate surface area is 134 Å². The third kappa shape index (κ3) is 2.77. The molecule has 1 saturated heterocycles. The first kappa shape index (κ1) is 15.4. The fourth-order valence-electron chi connectivity index (χ4n) is 2.64. The molecular formula is C17H19N3O3. The van der Waals surface area contributed by atoms with E-state index < -0.39 is 11.6 Å². The van der Waals surface area contributed by atoms with Crippen LogP contribution in [-0.4, -0.2) is 40.0 Å². The summed E-state index contributed by atoms with van der Waals surface area (Å²) < 4.78 is 7.26. The van der Waals surface area contributed by atoms with Crippen molar-refractivity contribution >= 4 is 11.8 Å². The van der Waals surface area contributed by atoms with Gasteiger partial charge in [0.25, 0.3) is 0 Å². The Kier molecular flexibility index (Phi) is 4.00. The fraction of sp³-hybridized carbons (Fsp3) is 0.353. The van der Waals surface area contributed by atoms with Gasteiger partial charge in [-0.15, -0.1) is 0 Å². The van der Waals surface area contributed by atoms with Crippen LogP contribution >= 0.6 is 0 Å². The van der Waals surface area contributed by atoms with E-state index in [1.165, 1.54) is 13.1 Å². The molecule has 1 fully saturated rings. The van der Waals surface area contributed by atoms with Gasteiger partial charge in [0, 0.05) is 13.1 Å². The van der Waals surface area contributed by atoms with Gasteiger partial charge in [0.05, 0.1) is 18.6 Å². The van der Waals surface area contributed by atoms with E-state index in [0.29, 0.717) is 18.8 Å². The van der Waals surface area contributed by atoms with E-state index in [9.17, 15) is 9.59 Å². The standard InChI is InChI=1S/C17H19N3O3/c1-12(14-6-4-3-5-7-14)20-11-18-8-15(20)16(22)23-17(13(2)21)9-19-10-17/h3-8,11-12,19H,9-10H2,1-2H3. The van der Waals surface area contributed by atoms with Crippen molar-refractivity contribution in [2.75, 3.05) is 13.1 Å². The Morgan fingerprint density at radius 3 is 2.57 bits per heavy atom. The molecule has 1 N–H and O–H groups in total. The highest BCUT2D eigenvalue weighted by molar-refractivity contribution is 5.94. The first-order valence-corrected chi connectivity index (χ1v) is 7.55. The molecule has 0 spiro atoms. The van der Waals surface area contributed by atoms with E-state index in [2.05, 4.69) is 10.3 Å². The summed E-state index contributed by atoms with van der Waals surface area (Å²) in [6.07, 6.45) is 3.08. The van der Waals surface area contributed by atoms with Gasteiger partial charge in [-0.25, -0.2) is 9.78 Å². The van der Waals surface area contributed by atoms with Gasteiger partial charge in [-0.3, -0.25) is 4.79 Å². The molecule has 6 heteroatoms. The fourth-order valence-corrected chi connectivity index (χ4v) is 2.64. The van der Waals surface area contributed by atoms with Crippen LogP contribution in [0.5, 0.6) is 0 Å². The van der Waals surface area contributed by atoms with Crippen molar-refractivity contribution in [2.24, 2.45) is 0 Å². The number of rotatable bonds is 5. The lowest BCUT2D eigenvalue weighted by atomic mass is 9.92. The number of hydrogen-bond acceptors (Lipinski definition) is 5. The second-order valence-corrected chi connectivity index (χ2v) is 5.82. The predicted octanol–water partition coefficient (Wildman–Crippen LogP) is 1.58. The van der Waals surface area contributed by atoms with Gasteiger partial charge in [-0.2, -0.15) is 0 Å². The minimum Gasteiger partial charge on any atom is -0.444 e. The lowest BCUT2D eigenvalue weighted by Crippen LogP contribution is -2.65. The molecule has 1 aliphatic rings. The number of benzene rings is 1. The Morgan fingerprint density at radius 2 is 2.00 bits per heavy atom. The zero-order chi connectivity index (χ0) is 16.4. The molecule has 0 radical (unpaired) electrons. The number of ether oxygens (including phenoxy) is 1. The van der Waals surface area contributed by atoms with Crippen molar-refractivity contribution < 1.29 is 14.3 Å². The number of carbonyl (C=O) groups is 2. The zero-order valence-corrected chi connectivity index (χ0v) is 13.2. The Balaban J connectivity index is 1.83. The van der Waals surface area contributed by atoms with E-state index in [1.54, 1.807) is 10.9 Å². The molecule has 0 bridgehead atoms. The van der Waals surface area contributed by atoms with E-state index in [-0.39, 0.29) is 11.8 Å². The van der Waals surface area contributed by atoms with Crippen molar-refractivity contribution in [2.45, 2.75) is 25.5 Å². The van der Waals surface area contributed by atoms with Crippen LogP contribution in [0.3, 0.4) is 0 Å². The van der Waals surface area contributed by atoms with Crippen LogP contribution in [-0.2, 0) is 9.53 Å². The van der Waals surface area contributed by atoms with E-state index in [0.717, 1.165) is 5.56 Å². The minimum absolute atomic E-state index is 0.0611.